The predicted molar refractivity (Wildman–Crippen MR) is 81.8 cm³/mol. The highest BCUT2D eigenvalue weighted by Crippen LogP contribution is 2.31. The van der Waals surface area contributed by atoms with Crippen molar-refractivity contribution in [3.63, 3.8) is 0 Å². The molecule has 0 spiro atoms. The lowest BCUT2D eigenvalue weighted by Crippen LogP contribution is -2.13. The van der Waals surface area contributed by atoms with E-state index in [1.54, 1.807) is 19.1 Å². The third-order valence-corrected chi connectivity index (χ3v) is 3.51. The lowest BCUT2D eigenvalue weighted by molar-refractivity contribution is 0.383. The molecule has 2 aromatic heterocycles. The Bertz CT molecular complexity index is 879. The number of rotatable bonds is 3. The molecule has 0 amide bonds. The van der Waals surface area contributed by atoms with Gasteiger partial charge in [0.1, 0.15) is 29.6 Å². The van der Waals surface area contributed by atoms with E-state index in [0.717, 1.165) is 0 Å². The van der Waals surface area contributed by atoms with Crippen LogP contribution in [-0.4, -0.2) is 29.3 Å². The molecule has 0 bridgehead atoms. The molecule has 6 heteroatoms. The number of hydrogen-bond acceptors (Lipinski definition) is 6. The smallest absolute Gasteiger partial charge is 0.202 e. The first kappa shape index (κ1) is 14.3. The average molecular weight is 300 g/mol. The van der Waals surface area contributed by atoms with Gasteiger partial charge in [0, 0.05) is 12.6 Å². The van der Waals surface area contributed by atoms with Crippen molar-refractivity contribution in [1.29, 1.82) is 0 Å². The van der Waals surface area contributed by atoms with Crippen molar-refractivity contribution in [3.8, 4) is 17.0 Å². The van der Waals surface area contributed by atoms with E-state index >= 15 is 0 Å². The first-order chi connectivity index (χ1) is 10.5. The summed E-state index contributed by atoms with van der Waals surface area (Å²) in [5.41, 5.74) is 2.20. The summed E-state index contributed by atoms with van der Waals surface area (Å²) in [5, 5.41) is 14.5. The van der Waals surface area contributed by atoms with Crippen molar-refractivity contribution in [2.75, 3.05) is 14.1 Å². The monoisotopic (exact) mass is 300 g/mol. The second-order valence-electron chi connectivity index (χ2n) is 5.50. The van der Waals surface area contributed by atoms with Crippen LogP contribution in [0, 0.1) is 6.92 Å². The van der Waals surface area contributed by atoms with E-state index < -0.39 is 0 Å². The van der Waals surface area contributed by atoms with Crippen LogP contribution in [0.25, 0.3) is 22.2 Å². The molecule has 2 heterocycles. The van der Waals surface area contributed by atoms with Gasteiger partial charge >= 0.3 is 0 Å². The molecular formula is C16H16N2O4. The van der Waals surface area contributed by atoms with Gasteiger partial charge in [-0.3, -0.25) is 4.79 Å². The summed E-state index contributed by atoms with van der Waals surface area (Å²) in [6, 6.07) is 3.24. The first-order valence-electron chi connectivity index (χ1n) is 6.81. The van der Waals surface area contributed by atoms with Gasteiger partial charge in [-0.15, -0.1) is 0 Å². The number of aromatic hydroxyl groups is 1. The molecule has 0 fully saturated rings. The molecule has 0 aliphatic rings. The predicted octanol–water partition coefficient (Wildman–Crippen LogP) is 2.52. The topological polar surface area (TPSA) is 79.7 Å². The van der Waals surface area contributed by atoms with Gasteiger partial charge in [0.2, 0.25) is 5.43 Å². The maximum atomic E-state index is 12.7. The van der Waals surface area contributed by atoms with Gasteiger partial charge in [0.05, 0.1) is 16.5 Å². The van der Waals surface area contributed by atoms with E-state index in [1.807, 2.05) is 19.0 Å². The Kier molecular flexibility index (Phi) is 3.46. The zero-order valence-corrected chi connectivity index (χ0v) is 12.6. The average Bonchev–Trinajstić information content (AvgIpc) is 2.98. The second kappa shape index (κ2) is 5.31. The van der Waals surface area contributed by atoms with Crippen LogP contribution in [-0.2, 0) is 6.54 Å². The summed E-state index contributed by atoms with van der Waals surface area (Å²) in [7, 11) is 3.77. The fraction of sp³-hybridized carbons (Fsp3) is 0.250. The zero-order chi connectivity index (χ0) is 15.9. The van der Waals surface area contributed by atoms with Crippen molar-refractivity contribution in [1.82, 2.24) is 10.1 Å². The second-order valence-corrected chi connectivity index (χ2v) is 5.50. The van der Waals surface area contributed by atoms with Crippen LogP contribution >= 0.6 is 0 Å². The highest BCUT2D eigenvalue weighted by molar-refractivity contribution is 5.86. The first-order valence-corrected chi connectivity index (χ1v) is 6.81. The molecular weight excluding hydrogens is 284 g/mol. The van der Waals surface area contributed by atoms with Gasteiger partial charge in [-0.2, -0.15) is 0 Å². The van der Waals surface area contributed by atoms with E-state index in [2.05, 4.69) is 5.16 Å². The molecule has 114 valence electrons. The molecule has 0 radical (unpaired) electrons. The van der Waals surface area contributed by atoms with Gasteiger partial charge in [0.25, 0.3) is 0 Å². The summed E-state index contributed by atoms with van der Waals surface area (Å²) < 4.78 is 10.4. The van der Waals surface area contributed by atoms with Crippen molar-refractivity contribution >= 4 is 11.0 Å². The van der Waals surface area contributed by atoms with Crippen molar-refractivity contribution < 1.29 is 14.0 Å². The Morgan fingerprint density at radius 3 is 2.77 bits per heavy atom. The fourth-order valence-corrected chi connectivity index (χ4v) is 2.47. The molecule has 0 atom stereocenters. The third-order valence-electron chi connectivity index (χ3n) is 3.51. The number of phenolic OH excluding ortho intramolecular Hbond substituents is 1. The number of aryl methyl sites for hydroxylation is 1. The Hall–Kier alpha value is -2.60. The lowest BCUT2D eigenvalue weighted by Gasteiger charge is -2.14. The minimum Gasteiger partial charge on any atom is -0.507 e. The van der Waals surface area contributed by atoms with E-state index in [9.17, 15) is 9.90 Å². The Morgan fingerprint density at radius 2 is 2.14 bits per heavy atom. The van der Waals surface area contributed by atoms with Crippen LogP contribution in [0.3, 0.4) is 0 Å². The van der Waals surface area contributed by atoms with Gasteiger partial charge in [-0.05, 0) is 32.6 Å². The molecule has 6 nitrogen and oxygen atoms in total. The Labute approximate surface area is 126 Å². The van der Waals surface area contributed by atoms with Gasteiger partial charge in [-0.25, -0.2) is 0 Å². The van der Waals surface area contributed by atoms with E-state index in [4.69, 9.17) is 8.94 Å². The van der Waals surface area contributed by atoms with Crippen LogP contribution in [0.4, 0.5) is 0 Å². The van der Waals surface area contributed by atoms with Crippen LogP contribution in [0.2, 0.25) is 0 Å². The normalized spacial score (nSPS) is 11.5. The van der Waals surface area contributed by atoms with Crippen LogP contribution in [0.15, 0.2) is 38.4 Å². The molecule has 1 aromatic carbocycles. The zero-order valence-electron chi connectivity index (χ0n) is 12.6. The maximum Gasteiger partial charge on any atom is 0.202 e. The van der Waals surface area contributed by atoms with Crippen LogP contribution in [0.1, 0.15) is 11.1 Å². The minimum atomic E-state index is -0.196. The summed E-state index contributed by atoms with van der Waals surface area (Å²) in [6.45, 7) is 2.23. The van der Waals surface area contributed by atoms with E-state index in [-0.39, 0.29) is 11.2 Å². The highest BCUT2D eigenvalue weighted by atomic mass is 16.5. The highest BCUT2D eigenvalue weighted by Gasteiger charge is 2.18. The quantitative estimate of drug-likeness (QED) is 0.800. The van der Waals surface area contributed by atoms with Crippen LogP contribution in [0.5, 0.6) is 5.75 Å². The number of nitrogens with zero attached hydrogens (tertiary/aromatic N) is 2. The van der Waals surface area contributed by atoms with Crippen molar-refractivity contribution in [2.24, 2.45) is 0 Å². The molecule has 3 rings (SSSR count). The largest absolute Gasteiger partial charge is 0.507 e. The molecule has 0 saturated carbocycles. The molecule has 0 unspecified atom stereocenters. The number of benzene rings is 1. The summed E-state index contributed by atoms with van der Waals surface area (Å²) in [5.74, 6) is 0.151. The number of hydrogen-bond donors (Lipinski definition) is 1. The lowest BCUT2D eigenvalue weighted by atomic mass is 10.0. The minimum absolute atomic E-state index is 0.151. The Balaban J connectivity index is 2.32. The number of phenols is 1. The number of fused-ring (bicyclic) bond motifs is 1. The molecule has 0 aliphatic carbocycles. The number of aromatic nitrogens is 1. The summed E-state index contributed by atoms with van der Waals surface area (Å²) in [6.07, 6.45) is 2.76. The van der Waals surface area contributed by atoms with Gasteiger partial charge in [0.15, 0.2) is 0 Å². The third kappa shape index (κ3) is 2.27. The van der Waals surface area contributed by atoms with Crippen LogP contribution < -0.4 is 5.43 Å². The van der Waals surface area contributed by atoms with Crippen molar-refractivity contribution in [2.45, 2.75) is 13.5 Å². The Morgan fingerprint density at radius 1 is 1.36 bits per heavy atom. The van der Waals surface area contributed by atoms with Crippen molar-refractivity contribution in [3.05, 3.63) is 46.0 Å². The molecule has 22 heavy (non-hydrogen) atoms. The fourth-order valence-electron chi connectivity index (χ4n) is 2.47. The molecule has 1 N–H and O–H groups in total. The summed E-state index contributed by atoms with van der Waals surface area (Å²) in [4.78, 5) is 14.6. The summed E-state index contributed by atoms with van der Waals surface area (Å²) >= 11 is 0. The maximum absolute atomic E-state index is 12.7. The van der Waals surface area contributed by atoms with E-state index in [1.165, 1.54) is 12.5 Å². The van der Waals surface area contributed by atoms with Gasteiger partial charge in [-0.1, -0.05) is 5.16 Å². The molecule has 0 aliphatic heterocycles. The molecule has 3 aromatic rings. The standard InChI is InChI=1S/C16H16N2O4/c1-9-6-10-15(20)12(13-4-5-22-17-13)8-21-16(10)11(14(9)19)7-18(2)3/h4-6,8,19H,7H2,1-3H3. The van der Waals surface area contributed by atoms with Gasteiger partial charge < -0.3 is 18.9 Å². The SMILES string of the molecule is Cc1cc2c(=O)c(-c3ccon3)coc2c(CN(C)C)c1O. The van der Waals surface area contributed by atoms with E-state index in [0.29, 0.717) is 39.9 Å². The molecule has 0 saturated heterocycles.